The Hall–Kier alpha value is -2.58. The molecular weight excluding hydrogens is 394 g/mol. The van der Waals surface area contributed by atoms with Gasteiger partial charge < -0.3 is 20.3 Å². The molecule has 29 heavy (non-hydrogen) atoms. The van der Waals surface area contributed by atoms with E-state index in [0.717, 1.165) is 17.8 Å². The standard InChI is InChI=1S/C20H25N5O3.ClH/c1-24-12-13(9-22-24)14-10-21-11-15(14)19(26)23-16-7-8-25(20(16)27)17-5-3-4-6-18(17)28-2;/h3-6,9,12,14-16,21H,7-8,10-11H2,1-2H3,(H,23,26);1H/t14-,15+,16?;/m1./s1. The van der Waals surface area contributed by atoms with E-state index in [2.05, 4.69) is 15.7 Å². The molecule has 2 aliphatic rings. The molecule has 2 fully saturated rings. The fraction of sp³-hybridized carbons (Fsp3) is 0.450. The smallest absolute Gasteiger partial charge is 0.249 e. The zero-order valence-corrected chi connectivity index (χ0v) is 17.3. The molecule has 0 bridgehead atoms. The SMILES string of the molecule is COc1ccccc1N1CCC(NC(=O)[C@H]2CNC[C@@H]2c2cnn(C)c2)C1=O.Cl. The van der Waals surface area contributed by atoms with Crippen molar-refractivity contribution in [3.63, 3.8) is 0 Å². The van der Waals surface area contributed by atoms with Crippen LogP contribution in [0.5, 0.6) is 5.75 Å². The summed E-state index contributed by atoms with van der Waals surface area (Å²) < 4.78 is 7.12. The first-order valence-electron chi connectivity index (χ1n) is 9.52. The van der Waals surface area contributed by atoms with E-state index in [1.54, 1.807) is 16.7 Å². The fourth-order valence-electron chi connectivity index (χ4n) is 4.12. The second kappa shape index (κ2) is 8.84. The van der Waals surface area contributed by atoms with E-state index >= 15 is 0 Å². The van der Waals surface area contributed by atoms with Crippen LogP contribution in [0.1, 0.15) is 17.9 Å². The number of para-hydroxylation sites is 2. The van der Waals surface area contributed by atoms with Crippen LogP contribution in [0.15, 0.2) is 36.7 Å². The third-order valence-electron chi connectivity index (χ3n) is 5.60. The molecular formula is C20H26ClN5O3. The van der Waals surface area contributed by atoms with Gasteiger partial charge in [0.2, 0.25) is 11.8 Å². The zero-order valence-electron chi connectivity index (χ0n) is 16.5. The molecule has 2 N–H and O–H groups in total. The summed E-state index contributed by atoms with van der Waals surface area (Å²) in [5.74, 6) is 0.327. The zero-order chi connectivity index (χ0) is 19.7. The van der Waals surface area contributed by atoms with E-state index in [1.807, 2.05) is 43.7 Å². The van der Waals surface area contributed by atoms with Gasteiger partial charge in [-0.25, -0.2) is 0 Å². The van der Waals surface area contributed by atoms with Crippen molar-refractivity contribution in [2.24, 2.45) is 13.0 Å². The number of rotatable bonds is 5. The van der Waals surface area contributed by atoms with Crippen LogP contribution in [0.25, 0.3) is 0 Å². The number of ether oxygens (including phenoxy) is 1. The summed E-state index contributed by atoms with van der Waals surface area (Å²) in [6.07, 6.45) is 4.34. The minimum atomic E-state index is -0.507. The fourth-order valence-corrected chi connectivity index (χ4v) is 4.12. The normalized spacial score (nSPS) is 23.7. The lowest BCUT2D eigenvalue weighted by atomic mass is 9.90. The number of nitrogens with one attached hydrogen (secondary N) is 2. The van der Waals surface area contributed by atoms with Gasteiger partial charge in [-0.15, -0.1) is 12.4 Å². The molecule has 2 aromatic rings. The molecule has 1 aromatic heterocycles. The van der Waals surface area contributed by atoms with Crippen LogP contribution in [-0.4, -0.2) is 54.4 Å². The van der Waals surface area contributed by atoms with E-state index < -0.39 is 6.04 Å². The van der Waals surface area contributed by atoms with Crippen LogP contribution < -0.4 is 20.3 Å². The van der Waals surface area contributed by atoms with Crippen molar-refractivity contribution in [2.45, 2.75) is 18.4 Å². The van der Waals surface area contributed by atoms with Crippen molar-refractivity contribution in [1.29, 1.82) is 0 Å². The van der Waals surface area contributed by atoms with Gasteiger partial charge in [0, 0.05) is 38.8 Å². The van der Waals surface area contributed by atoms with Crippen LogP contribution >= 0.6 is 12.4 Å². The quantitative estimate of drug-likeness (QED) is 0.757. The predicted molar refractivity (Wildman–Crippen MR) is 111 cm³/mol. The Morgan fingerprint density at radius 1 is 1.31 bits per heavy atom. The third kappa shape index (κ3) is 4.09. The molecule has 2 amide bonds. The number of carbonyl (C=O) groups is 2. The summed E-state index contributed by atoms with van der Waals surface area (Å²) in [6.45, 7) is 1.89. The monoisotopic (exact) mass is 419 g/mol. The van der Waals surface area contributed by atoms with Gasteiger partial charge in [0.15, 0.2) is 0 Å². The van der Waals surface area contributed by atoms with Crippen molar-refractivity contribution < 1.29 is 14.3 Å². The molecule has 156 valence electrons. The molecule has 1 unspecified atom stereocenters. The second-order valence-electron chi connectivity index (χ2n) is 7.33. The molecule has 2 aliphatic heterocycles. The molecule has 0 radical (unpaired) electrons. The first-order chi connectivity index (χ1) is 13.6. The number of nitrogens with zero attached hydrogens (tertiary/aromatic N) is 3. The Morgan fingerprint density at radius 2 is 2.10 bits per heavy atom. The van der Waals surface area contributed by atoms with Crippen molar-refractivity contribution in [3.8, 4) is 5.75 Å². The van der Waals surface area contributed by atoms with Crippen LogP contribution in [0.3, 0.4) is 0 Å². The number of hydrogen-bond acceptors (Lipinski definition) is 5. The Balaban J connectivity index is 0.00000240. The highest BCUT2D eigenvalue weighted by atomic mass is 35.5. The lowest BCUT2D eigenvalue weighted by Gasteiger charge is -2.21. The molecule has 4 rings (SSSR count). The molecule has 9 heteroatoms. The van der Waals surface area contributed by atoms with E-state index in [9.17, 15) is 9.59 Å². The Bertz CT molecular complexity index is 887. The average molecular weight is 420 g/mol. The average Bonchev–Trinajstić information content (AvgIpc) is 3.42. The summed E-state index contributed by atoms with van der Waals surface area (Å²) in [6, 6.07) is 6.93. The Morgan fingerprint density at radius 3 is 2.83 bits per heavy atom. The van der Waals surface area contributed by atoms with Crippen LogP contribution in [0.2, 0.25) is 0 Å². The molecule has 1 aromatic carbocycles. The van der Waals surface area contributed by atoms with Crippen molar-refractivity contribution >= 4 is 29.9 Å². The highest BCUT2D eigenvalue weighted by Crippen LogP contribution is 2.32. The predicted octanol–water partition coefficient (Wildman–Crippen LogP) is 1.08. The van der Waals surface area contributed by atoms with Gasteiger partial charge in [-0.1, -0.05) is 12.1 Å². The summed E-state index contributed by atoms with van der Waals surface area (Å²) in [5, 5.41) is 10.5. The van der Waals surface area contributed by atoms with E-state index in [-0.39, 0.29) is 36.1 Å². The number of hydrogen-bond donors (Lipinski definition) is 2. The van der Waals surface area contributed by atoms with Gasteiger partial charge in [-0.3, -0.25) is 14.3 Å². The minimum Gasteiger partial charge on any atom is -0.495 e. The molecule has 0 spiro atoms. The van der Waals surface area contributed by atoms with Crippen LogP contribution in [0.4, 0.5) is 5.69 Å². The number of halogens is 1. The number of aromatic nitrogens is 2. The number of anilines is 1. The van der Waals surface area contributed by atoms with E-state index in [4.69, 9.17) is 4.74 Å². The highest BCUT2D eigenvalue weighted by Gasteiger charge is 2.39. The summed E-state index contributed by atoms with van der Waals surface area (Å²) >= 11 is 0. The van der Waals surface area contributed by atoms with Crippen LogP contribution in [0, 0.1) is 5.92 Å². The molecule has 3 atom stereocenters. The molecule has 0 saturated carbocycles. The second-order valence-corrected chi connectivity index (χ2v) is 7.33. The number of amides is 2. The summed E-state index contributed by atoms with van der Waals surface area (Å²) in [7, 11) is 3.45. The van der Waals surface area contributed by atoms with Gasteiger partial charge in [-0.2, -0.15) is 5.10 Å². The molecule has 3 heterocycles. The number of benzene rings is 1. The largest absolute Gasteiger partial charge is 0.495 e. The number of carbonyl (C=O) groups excluding carboxylic acids is 2. The third-order valence-corrected chi connectivity index (χ3v) is 5.60. The number of aryl methyl sites for hydroxylation is 1. The number of methoxy groups -OCH3 is 1. The summed E-state index contributed by atoms with van der Waals surface area (Å²) in [4.78, 5) is 27.5. The Kier molecular flexibility index (Phi) is 6.44. The maximum Gasteiger partial charge on any atom is 0.249 e. The topological polar surface area (TPSA) is 88.5 Å². The van der Waals surface area contributed by atoms with Gasteiger partial charge in [0.05, 0.1) is 24.9 Å². The van der Waals surface area contributed by atoms with E-state index in [0.29, 0.717) is 25.3 Å². The minimum absolute atomic E-state index is 0. The van der Waals surface area contributed by atoms with Crippen LogP contribution in [-0.2, 0) is 16.6 Å². The highest BCUT2D eigenvalue weighted by molar-refractivity contribution is 6.02. The van der Waals surface area contributed by atoms with Gasteiger partial charge >= 0.3 is 0 Å². The lowest BCUT2D eigenvalue weighted by Crippen LogP contribution is -2.45. The molecule has 8 nitrogen and oxygen atoms in total. The lowest BCUT2D eigenvalue weighted by molar-refractivity contribution is -0.129. The summed E-state index contributed by atoms with van der Waals surface area (Å²) in [5.41, 5.74) is 1.78. The van der Waals surface area contributed by atoms with Gasteiger partial charge in [0.1, 0.15) is 11.8 Å². The van der Waals surface area contributed by atoms with Gasteiger partial charge in [0.25, 0.3) is 0 Å². The first kappa shape index (κ1) is 21.1. The maximum absolute atomic E-state index is 12.9. The van der Waals surface area contributed by atoms with Gasteiger partial charge in [-0.05, 0) is 24.1 Å². The first-order valence-corrected chi connectivity index (χ1v) is 9.52. The molecule has 2 saturated heterocycles. The van der Waals surface area contributed by atoms with Crippen molar-refractivity contribution in [2.75, 3.05) is 31.6 Å². The molecule has 0 aliphatic carbocycles. The van der Waals surface area contributed by atoms with Crippen molar-refractivity contribution in [3.05, 3.63) is 42.2 Å². The van der Waals surface area contributed by atoms with Crippen molar-refractivity contribution in [1.82, 2.24) is 20.4 Å². The Labute approximate surface area is 176 Å². The maximum atomic E-state index is 12.9. The van der Waals surface area contributed by atoms with E-state index in [1.165, 1.54) is 0 Å².